The van der Waals surface area contributed by atoms with E-state index in [1.54, 1.807) is 0 Å². The summed E-state index contributed by atoms with van der Waals surface area (Å²) in [6, 6.07) is 0.132. The Morgan fingerprint density at radius 2 is 2.11 bits per heavy atom. The molecule has 5 heteroatoms. The first-order valence-corrected chi connectivity index (χ1v) is 7.33. The minimum absolute atomic E-state index is 0.123. The van der Waals surface area contributed by atoms with E-state index in [1.807, 2.05) is 6.92 Å². The Hall–Kier alpha value is -0.650. The molecule has 0 N–H and O–H groups in total. The Kier molecular flexibility index (Phi) is 5.60. The molecule has 0 amide bonds. The first kappa shape index (κ1) is 14.8. The van der Waals surface area contributed by atoms with Gasteiger partial charge in [0.1, 0.15) is 0 Å². The fourth-order valence-corrected chi connectivity index (χ4v) is 2.91. The zero-order chi connectivity index (χ0) is 13.7. The number of morpholine rings is 1. The monoisotopic (exact) mass is 271 g/mol. The van der Waals surface area contributed by atoms with Crippen LogP contribution in [0.1, 0.15) is 33.1 Å². The van der Waals surface area contributed by atoms with Crippen molar-refractivity contribution < 1.29 is 19.0 Å². The van der Waals surface area contributed by atoms with E-state index in [2.05, 4.69) is 11.8 Å². The summed E-state index contributed by atoms with van der Waals surface area (Å²) in [5.74, 6) is -0.123. The predicted octanol–water partition coefficient (Wildman–Crippen LogP) is 1.21. The van der Waals surface area contributed by atoms with Crippen LogP contribution in [0.3, 0.4) is 0 Å². The maximum absolute atomic E-state index is 11.8. The van der Waals surface area contributed by atoms with Crippen molar-refractivity contribution >= 4 is 5.97 Å². The molecule has 2 aliphatic heterocycles. The van der Waals surface area contributed by atoms with E-state index in [0.717, 1.165) is 39.1 Å². The van der Waals surface area contributed by atoms with Gasteiger partial charge in [0.05, 0.1) is 38.4 Å². The van der Waals surface area contributed by atoms with Crippen molar-refractivity contribution in [3.05, 3.63) is 0 Å². The lowest BCUT2D eigenvalue weighted by Gasteiger charge is -2.37. The van der Waals surface area contributed by atoms with Gasteiger partial charge in [-0.15, -0.1) is 0 Å². The number of carbonyl (C=O) groups is 1. The van der Waals surface area contributed by atoms with Crippen LogP contribution in [0.4, 0.5) is 0 Å². The number of rotatable bonds is 5. The van der Waals surface area contributed by atoms with Crippen molar-refractivity contribution in [1.82, 2.24) is 4.90 Å². The molecule has 5 nitrogen and oxygen atoms in total. The van der Waals surface area contributed by atoms with Gasteiger partial charge in [-0.05, 0) is 26.7 Å². The normalized spacial score (nSPS) is 30.2. The molecule has 0 aromatic rings. The van der Waals surface area contributed by atoms with Gasteiger partial charge in [-0.25, -0.2) is 0 Å². The van der Waals surface area contributed by atoms with Crippen LogP contribution in [0.25, 0.3) is 0 Å². The SMILES string of the molecule is CCOC(=O)CC(C1CCC(C)O1)N1CCOCC1. The number of hydrogen-bond donors (Lipinski definition) is 0. The van der Waals surface area contributed by atoms with Gasteiger partial charge < -0.3 is 14.2 Å². The molecule has 2 saturated heterocycles. The predicted molar refractivity (Wildman–Crippen MR) is 71.0 cm³/mol. The van der Waals surface area contributed by atoms with Crippen molar-refractivity contribution in [2.75, 3.05) is 32.9 Å². The van der Waals surface area contributed by atoms with Crippen LogP contribution >= 0.6 is 0 Å². The number of nitrogens with zero attached hydrogens (tertiary/aromatic N) is 1. The smallest absolute Gasteiger partial charge is 0.307 e. The molecule has 110 valence electrons. The van der Waals surface area contributed by atoms with E-state index in [0.29, 0.717) is 19.1 Å². The Balaban J connectivity index is 1.97. The lowest BCUT2D eigenvalue weighted by Crippen LogP contribution is -2.50. The van der Waals surface area contributed by atoms with Crippen LogP contribution in [0, 0.1) is 0 Å². The molecular formula is C14H25NO4. The number of hydrogen-bond acceptors (Lipinski definition) is 5. The van der Waals surface area contributed by atoms with Gasteiger partial charge >= 0.3 is 5.97 Å². The number of ether oxygens (including phenoxy) is 3. The highest BCUT2D eigenvalue weighted by Gasteiger charge is 2.35. The van der Waals surface area contributed by atoms with E-state index in [-0.39, 0.29) is 18.1 Å². The molecule has 2 aliphatic rings. The average molecular weight is 271 g/mol. The minimum Gasteiger partial charge on any atom is -0.466 e. The van der Waals surface area contributed by atoms with Crippen LogP contribution in [0.2, 0.25) is 0 Å². The molecule has 3 atom stereocenters. The van der Waals surface area contributed by atoms with Crippen molar-refractivity contribution in [1.29, 1.82) is 0 Å². The first-order valence-electron chi connectivity index (χ1n) is 7.33. The van der Waals surface area contributed by atoms with Crippen LogP contribution < -0.4 is 0 Å². The van der Waals surface area contributed by atoms with E-state index in [1.165, 1.54) is 0 Å². The van der Waals surface area contributed by atoms with Gasteiger partial charge in [0, 0.05) is 19.1 Å². The van der Waals surface area contributed by atoms with Crippen LogP contribution in [0.15, 0.2) is 0 Å². The average Bonchev–Trinajstić information content (AvgIpc) is 2.84. The third-order valence-corrected chi connectivity index (χ3v) is 3.89. The maximum atomic E-state index is 11.8. The second-order valence-corrected chi connectivity index (χ2v) is 5.29. The van der Waals surface area contributed by atoms with Gasteiger partial charge in [0.25, 0.3) is 0 Å². The third-order valence-electron chi connectivity index (χ3n) is 3.89. The fraction of sp³-hybridized carbons (Fsp3) is 0.929. The zero-order valence-corrected chi connectivity index (χ0v) is 12.0. The van der Waals surface area contributed by atoms with Gasteiger partial charge in [0.15, 0.2) is 0 Å². The fourth-order valence-electron chi connectivity index (χ4n) is 2.91. The third kappa shape index (κ3) is 4.16. The Bertz CT molecular complexity index is 286. The summed E-state index contributed by atoms with van der Waals surface area (Å²) >= 11 is 0. The van der Waals surface area contributed by atoms with E-state index < -0.39 is 0 Å². The first-order chi connectivity index (χ1) is 9.20. The largest absolute Gasteiger partial charge is 0.466 e. The molecule has 0 saturated carbocycles. The van der Waals surface area contributed by atoms with E-state index in [9.17, 15) is 4.79 Å². The minimum atomic E-state index is -0.123. The molecule has 19 heavy (non-hydrogen) atoms. The summed E-state index contributed by atoms with van der Waals surface area (Å²) in [6.45, 7) is 7.60. The van der Waals surface area contributed by atoms with Crippen molar-refractivity contribution in [2.24, 2.45) is 0 Å². The molecule has 0 bridgehead atoms. The van der Waals surface area contributed by atoms with Gasteiger partial charge in [-0.1, -0.05) is 0 Å². The molecule has 2 heterocycles. The quantitative estimate of drug-likeness (QED) is 0.703. The molecule has 2 fully saturated rings. The Labute approximate surface area is 115 Å². The molecule has 0 aromatic heterocycles. The summed E-state index contributed by atoms with van der Waals surface area (Å²) in [5.41, 5.74) is 0. The molecule has 3 unspecified atom stereocenters. The molecule has 0 aromatic carbocycles. The molecular weight excluding hydrogens is 246 g/mol. The summed E-state index contributed by atoms with van der Waals surface area (Å²) in [5, 5.41) is 0. The van der Waals surface area contributed by atoms with Gasteiger partial charge in [-0.2, -0.15) is 0 Å². The van der Waals surface area contributed by atoms with Gasteiger partial charge in [0.2, 0.25) is 0 Å². The molecule has 0 spiro atoms. The van der Waals surface area contributed by atoms with Crippen LogP contribution in [-0.2, 0) is 19.0 Å². The maximum Gasteiger partial charge on any atom is 0.307 e. The zero-order valence-electron chi connectivity index (χ0n) is 12.0. The summed E-state index contributed by atoms with van der Waals surface area (Å²) < 4.78 is 16.5. The standard InChI is InChI=1S/C14H25NO4/c1-3-18-14(16)10-12(13-5-4-11(2)19-13)15-6-8-17-9-7-15/h11-13H,3-10H2,1-2H3. The molecule has 2 rings (SSSR count). The highest BCUT2D eigenvalue weighted by atomic mass is 16.5. The highest BCUT2D eigenvalue weighted by Crippen LogP contribution is 2.27. The van der Waals surface area contributed by atoms with E-state index in [4.69, 9.17) is 14.2 Å². The Morgan fingerprint density at radius 3 is 2.68 bits per heavy atom. The van der Waals surface area contributed by atoms with Crippen molar-refractivity contribution in [3.8, 4) is 0 Å². The lowest BCUT2D eigenvalue weighted by atomic mass is 10.0. The summed E-state index contributed by atoms with van der Waals surface area (Å²) in [7, 11) is 0. The highest BCUT2D eigenvalue weighted by molar-refractivity contribution is 5.70. The van der Waals surface area contributed by atoms with Crippen molar-refractivity contribution in [3.63, 3.8) is 0 Å². The van der Waals surface area contributed by atoms with Crippen LogP contribution in [-0.4, -0.2) is 62.0 Å². The number of esters is 1. The Morgan fingerprint density at radius 1 is 1.37 bits per heavy atom. The molecule has 0 aliphatic carbocycles. The molecule has 0 radical (unpaired) electrons. The number of carbonyl (C=O) groups excluding carboxylic acids is 1. The second kappa shape index (κ2) is 7.22. The topological polar surface area (TPSA) is 48.0 Å². The summed E-state index contributed by atoms with van der Waals surface area (Å²) in [6.07, 6.45) is 2.98. The van der Waals surface area contributed by atoms with Gasteiger partial charge in [-0.3, -0.25) is 9.69 Å². The summed E-state index contributed by atoms with van der Waals surface area (Å²) in [4.78, 5) is 14.1. The van der Waals surface area contributed by atoms with Crippen molar-refractivity contribution in [2.45, 2.75) is 51.4 Å². The lowest BCUT2D eigenvalue weighted by molar-refractivity contribution is -0.147. The van der Waals surface area contributed by atoms with E-state index >= 15 is 0 Å². The second-order valence-electron chi connectivity index (χ2n) is 5.29. The van der Waals surface area contributed by atoms with Crippen LogP contribution in [0.5, 0.6) is 0 Å².